The Kier molecular flexibility index (Phi) is 2.77. The third kappa shape index (κ3) is 4.38. The molecular weight excluding hydrogens is 655 g/mol. The number of thiophene rings is 1. The van der Waals surface area contributed by atoms with Gasteiger partial charge in [-0.2, -0.15) is 0 Å². The Morgan fingerprint density at radius 3 is 1.88 bits per heavy atom. The molecule has 0 bridgehead atoms. The molecule has 0 atom stereocenters. The van der Waals surface area contributed by atoms with E-state index in [0.717, 1.165) is 0 Å². The molecule has 4 heteroatoms. The highest BCUT2D eigenvalue weighted by atomic mass is 32.1. The maximum atomic E-state index is 9.77. The van der Waals surface area contributed by atoms with Gasteiger partial charge in [-0.05, 0) is 59.0 Å². The number of rotatable bonds is 5. The minimum Gasteiger partial charge on any atom is -0.456 e. The summed E-state index contributed by atoms with van der Waals surface area (Å²) in [5, 5.41) is -3.02. The number of benzene rings is 8. The second-order valence-electron chi connectivity index (χ2n) is 11.0. The van der Waals surface area contributed by atoms with Crippen LogP contribution in [0, 0.1) is 0 Å². The van der Waals surface area contributed by atoms with Crippen LogP contribution in [0.15, 0.2) is 184 Å². The van der Waals surface area contributed by atoms with E-state index < -0.39 is 269 Å². The largest absolute Gasteiger partial charge is 0.456 e. The van der Waals surface area contributed by atoms with Crippen molar-refractivity contribution >= 4 is 92.4 Å². The van der Waals surface area contributed by atoms with Crippen molar-refractivity contribution in [2.24, 2.45) is 0 Å². The summed E-state index contributed by atoms with van der Waals surface area (Å²) in [6.07, 6.45) is 0. The molecule has 0 amide bonds. The Morgan fingerprint density at radius 1 is 0.442 bits per heavy atom. The van der Waals surface area contributed by atoms with Gasteiger partial charge in [0.05, 0.1) is 55.8 Å². The van der Waals surface area contributed by atoms with E-state index >= 15 is 0 Å². The van der Waals surface area contributed by atoms with Gasteiger partial charge in [-0.1, -0.05) is 133 Å². The molecule has 0 aliphatic heterocycles. The van der Waals surface area contributed by atoms with Crippen LogP contribution in [0.3, 0.4) is 0 Å². The predicted molar refractivity (Wildman–Crippen MR) is 219 cm³/mol. The smallest absolute Gasteiger partial charge is 0.159 e. The fourth-order valence-electron chi connectivity index (χ4n) is 6.09. The predicted octanol–water partition coefficient (Wildman–Crippen LogP) is 14.7. The van der Waals surface area contributed by atoms with Crippen molar-refractivity contribution in [2.45, 2.75) is 0 Å². The molecule has 0 fully saturated rings. The lowest BCUT2D eigenvalue weighted by Gasteiger charge is -2.26. The summed E-state index contributed by atoms with van der Waals surface area (Å²) in [7, 11) is 0. The minimum absolute atomic E-state index is 0.260. The zero-order valence-electron chi connectivity index (χ0n) is 54.7. The van der Waals surface area contributed by atoms with Crippen LogP contribution in [0.4, 0.5) is 17.1 Å². The third-order valence-corrected chi connectivity index (χ3v) is 9.35. The molecule has 0 saturated heterocycles. The van der Waals surface area contributed by atoms with Gasteiger partial charge in [-0.25, -0.2) is 0 Å². The van der Waals surface area contributed by atoms with Gasteiger partial charge in [0.2, 0.25) is 0 Å². The maximum Gasteiger partial charge on any atom is 0.159 e. The standard InChI is InChI=1S/C48H29NO2S/c1-3-13-30(14-4-1)31-25-27-33(28-26-31)49(40-22-12-20-36-34-17-8-10-24-43(34)52-48(36)40)39-21-11-19-35-38-29-42-45(37-18-7-9-23-41(37)50-42)44(47(38)51-46(35)39)32-15-5-2-6-16-32/h1-29H/i1D,2D,3D,4D,5D,6D,7D,8D,9D,10D,11D,12D,13D,14D,15D,16D,17D,18D,19D,20D,21D,22D,23D,24D,25D,26D,27D,28D,29D. The molecule has 11 rings (SSSR count). The van der Waals surface area contributed by atoms with Gasteiger partial charge in [-0.15, -0.1) is 11.3 Å². The van der Waals surface area contributed by atoms with Crippen molar-refractivity contribution in [3.05, 3.63) is 175 Å². The van der Waals surface area contributed by atoms with E-state index in [1.54, 1.807) is 0 Å². The molecule has 3 heterocycles. The molecule has 244 valence electrons. The Labute approximate surface area is 343 Å². The van der Waals surface area contributed by atoms with Gasteiger partial charge in [0, 0.05) is 48.3 Å². The first kappa shape index (κ1) is 12.6. The van der Waals surface area contributed by atoms with E-state index in [1.165, 1.54) is 0 Å². The van der Waals surface area contributed by atoms with Crippen molar-refractivity contribution in [1.82, 2.24) is 0 Å². The molecule has 0 aliphatic carbocycles. The molecule has 0 radical (unpaired) electrons. The van der Waals surface area contributed by atoms with Crippen molar-refractivity contribution in [1.29, 1.82) is 0 Å². The molecule has 0 unspecified atom stereocenters. The van der Waals surface area contributed by atoms with Gasteiger partial charge in [0.1, 0.15) is 16.7 Å². The topological polar surface area (TPSA) is 29.5 Å². The van der Waals surface area contributed by atoms with E-state index in [-0.39, 0.29) is 10.1 Å². The lowest BCUT2D eigenvalue weighted by Crippen LogP contribution is -2.10. The maximum absolute atomic E-state index is 9.77. The summed E-state index contributed by atoms with van der Waals surface area (Å²) < 4.78 is 273. The van der Waals surface area contributed by atoms with Crippen molar-refractivity contribution in [3.63, 3.8) is 0 Å². The van der Waals surface area contributed by atoms with E-state index in [0.29, 0.717) is 16.2 Å². The lowest BCUT2D eigenvalue weighted by molar-refractivity contribution is 0.665. The van der Waals surface area contributed by atoms with Gasteiger partial charge in [0.15, 0.2) is 5.58 Å². The van der Waals surface area contributed by atoms with Crippen LogP contribution in [-0.4, -0.2) is 0 Å². The summed E-state index contributed by atoms with van der Waals surface area (Å²) >= 11 is 0.503. The van der Waals surface area contributed by atoms with Crippen LogP contribution >= 0.6 is 11.3 Å². The highest BCUT2D eigenvalue weighted by molar-refractivity contribution is 7.26. The van der Waals surface area contributed by atoms with Crippen LogP contribution in [-0.2, 0) is 0 Å². The molecule has 8 aromatic carbocycles. The van der Waals surface area contributed by atoms with Gasteiger partial charge in [-0.3, -0.25) is 0 Å². The second kappa shape index (κ2) is 11.5. The van der Waals surface area contributed by atoms with Crippen molar-refractivity contribution in [3.8, 4) is 22.3 Å². The van der Waals surface area contributed by atoms with E-state index in [1.807, 2.05) is 0 Å². The van der Waals surface area contributed by atoms with Crippen molar-refractivity contribution in [2.75, 3.05) is 4.90 Å². The molecule has 52 heavy (non-hydrogen) atoms. The Bertz CT molecular complexity index is 4740. The van der Waals surface area contributed by atoms with E-state index in [2.05, 4.69) is 0 Å². The number of furan rings is 2. The average Bonchev–Trinajstić information content (AvgIpc) is 4.31. The zero-order chi connectivity index (χ0) is 59.4. The quantitative estimate of drug-likeness (QED) is 0.178. The first-order chi connectivity index (χ1) is 37.9. The van der Waals surface area contributed by atoms with Gasteiger partial charge < -0.3 is 13.7 Å². The Hall–Kier alpha value is -6.62. The number of anilines is 3. The SMILES string of the molecule is [2H]c1c([2H])c([2H])c(-c2c([2H])c([2H])c(N(c3c([2H])c([2H])c([2H])c4c3oc3c(-c5c([2H])c([2H])c([2H])c([2H])c5[2H])c5c(oc6c([2H])c([2H])c([2H])c([2H])c65)c([2H])c34)c3c([2H])c([2H])c([2H])c4c3sc3c([2H])c([2H])c([2H])c([2H])c34)c([2H])c2[2H])c([2H])c1[2H]. The van der Waals surface area contributed by atoms with Crippen LogP contribution < -0.4 is 4.90 Å². The van der Waals surface area contributed by atoms with Crippen LogP contribution in [0.25, 0.3) is 86.3 Å². The van der Waals surface area contributed by atoms with E-state index in [4.69, 9.17) is 30.8 Å². The monoisotopic (exact) mass is 712 g/mol. The molecule has 11 aromatic rings. The molecule has 0 N–H and O–H groups in total. The Morgan fingerprint density at radius 2 is 1.08 bits per heavy atom. The fourth-order valence-corrected chi connectivity index (χ4v) is 7.15. The van der Waals surface area contributed by atoms with E-state index in [9.17, 15) is 17.8 Å². The summed E-state index contributed by atoms with van der Waals surface area (Å²) in [6, 6.07) is -26.7. The molecule has 3 aromatic heterocycles. The van der Waals surface area contributed by atoms with Crippen LogP contribution in [0.5, 0.6) is 0 Å². The minimum atomic E-state index is -1.18. The molecular formula is C48H29NO2S. The third-order valence-electron chi connectivity index (χ3n) is 8.24. The van der Waals surface area contributed by atoms with Gasteiger partial charge >= 0.3 is 0 Å². The zero-order valence-corrected chi connectivity index (χ0v) is 26.5. The summed E-state index contributed by atoms with van der Waals surface area (Å²) in [5.41, 5.74) is -8.49. The first-order valence-corrected chi connectivity index (χ1v) is 16.0. The van der Waals surface area contributed by atoms with Gasteiger partial charge in [0.25, 0.3) is 0 Å². The number of hydrogen-bond acceptors (Lipinski definition) is 4. The molecule has 0 saturated carbocycles. The molecule has 0 spiro atoms. The summed E-state index contributed by atoms with van der Waals surface area (Å²) in [6.45, 7) is 0. The van der Waals surface area contributed by atoms with Crippen LogP contribution in [0.1, 0.15) is 39.8 Å². The highest BCUT2D eigenvalue weighted by Crippen LogP contribution is 2.50. The molecule has 0 aliphatic rings. The average molecular weight is 713 g/mol. The number of para-hydroxylation sites is 2. The number of nitrogens with zero attached hydrogens (tertiary/aromatic N) is 1. The first-order valence-electron chi connectivity index (χ1n) is 29.6. The number of fused-ring (bicyclic) bond motifs is 9. The second-order valence-corrected chi connectivity index (χ2v) is 12.1. The molecule has 3 nitrogen and oxygen atoms in total. The lowest BCUT2D eigenvalue weighted by atomic mass is 9.96. The Balaban J connectivity index is 1.43. The van der Waals surface area contributed by atoms with Crippen LogP contribution in [0.2, 0.25) is 0 Å². The summed E-state index contributed by atoms with van der Waals surface area (Å²) in [4.78, 5) is 0.606. The summed E-state index contributed by atoms with van der Waals surface area (Å²) in [5.74, 6) is 0. The highest BCUT2D eigenvalue weighted by Gasteiger charge is 2.25. The number of hydrogen-bond donors (Lipinski definition) is 0. The fraction of sp³-hybridized carbons (Fsp3) is 0. The van der Waals surface area contributed by atoms with Crippen molar-refractivity contribution < 1.29 is 48.6 Å². The normalized spacial score (nSPS) is 19.7.